The number of ether oxygens (including phenoxy) is 1. The molecule has 0 saturated heterocycles. The van der Waals surface area contributed by atoms with Crippen LogP contribution in [0.3, 0.4) is 0 Å². The smallest absolute Gasteiger partial charge is 0.406 e. The van der Waals surface area contributed by atoms with Crippen LogP contribution in [0.4, 0.5) is 13.2 Å². The SMILES string of the molecule is CC1CCc2sc(C(=O)NNS(=O)(=O)c3ccc(OC(F)(F)F)cc3)cc2C1. The molecule has 0 bridgehead atoms. The summed E-state index contributed by atoms with van der Waals surface area (Å²) < 4.78 is 64.6. The maximum Gasteiger partial charge on any atom is 0.573 e. The van der Waals surface area contributed by atoms with Crippen molar-refractivity contribution in [1.82, 2.24) is 10.3 Å². The number of hydrogen-bond acceptors (Lipinski definition) is 5. The van der Waals surface area contributed by atoms with E-state index in [9.17, 15) is 26.4 Å². The Balaban J connectivity index is 1.64. The summed E-state index contributed by atoms with van der Waals surface area (Å²) >= 11 is 1.33. The zero-order valence-corrected chi connectivity index (χ0v) is 16.3. The van der Waals surface area contributed by atoms with Crippen molar-refractivity contribution in [3.05, 3.63) is 45.6 Å². The highest BCUT2D eigenvalue weighted by molar-refractivity contribution is 7.89. The highest BCUT2D eigenvalue weighted by Crippen LogP contribution is 2.32. The first-order chi connectivity index (χ1) is 13.0. The molecular formula is C17H17F3N2O4S2. The van der Waals surface area contributed by atoms with Gasteiger partial charge in [0.1, 0.15) is 5.75 Å². The normalized spacial score (nSPS) is 17.1. The number of halogens is 3. The Bertz CT molecular complexity index is 969. The van der Waals surface area contributed by atoms with Crippen molar-refractivity contribution >= 4 is 27.3 Å². The predicted octanol–water partition coefficient (Wildman–Crippen LogP) is 3.39. The molecule has 152 valence electrons. The van der Waals surface area contributed by atoms with Gasteiger partial charge in [-0.25, -0.2) is 8.42 Å². The van der Waals surface area contributed by atoms with Gasteiger partial charge in [-0.15, -0.1) is 29.3 Å². The van der Waals surface area contributed by atoms with Crippen LogP contribution < -0.4 is 15.0 Å². The molecule has 1 aliphatic rings. The highest BCUT2D eigenvalue weighted by atomic mass is 32.2. The van der Waals surface area contributed by atoms with Crippen molar-refractivity contribution in [2.45, 2.75) is 37.4 Å². The molecule has 6 nitrogen and oxygen atoms in total. The second-order valence-corrected chi connectivity index (χ2v) is 9.31. The van der Waals surface area contributed by atoms with E-state index < -0.39 is 28.0 Å². The Hall–Kier alpha value is -2.11. The van der Waals surface area contributed by atoms with Crippen LogP contribution in [-0.2, 0) is 22.9 Å². The van der Waals surface area contributed by atoms with Gasteiger partial charge in [0.25, 0.3) is 15.9 Å². The number of hydrazine groups is 1. The third kappa shape index (κ3) is 5.03. The molecule has 1 aliphatic carbocycles. The van der Waals surface area contributed by atoms with Crippen LogP contribution in [0, 0.1) is 5.92 Å². The Morgan fingerprint density at radius 2 is 1.93 bits per heavy atom. The first-order valence-corrected chi connectivity index (χ1v) is 10.6. The van der Waals surface area contributed by atoms with E-state index in [2.05, 4.69) is 17.1 Å². The maximum absolute atomic E-state index is 12.3. The lowest BCUT2D eigenvalue weighted by atomic mass is 9.90. The summed E-state index contributed by atoms with van der Waals surface area (Å²) in [4.78, 5) is 15.4. The summed E-state index contributed by atoms with van der Waals surface area (Å²) in [7, 11) is -4.15. The number of rotatable bonds is 5. The monoisotopic (exact) mass is 434 g/mol. The third-order valence-electron chi connectivity index (χ3n) is 4.22. The molecule has 0 radical (unpaired) electrons. The number of carbonyl (C=O) groups is 1. The van der Waals surface area contributed by atoms with Crippen LogP contribution in [0.2, 0.25) is 0 Å². The molecule has 3 rings (SSSR count). The van der Waals surface area contributed by atoms with Crippen molar-refractivity contribution in [2.24, 2.45) is 5.92 Å². The number of sulfonamides is 1. The number of amides is 1. The van der Waals surface area contributed by atoms with Crippen LogP contribution >= 0.6 is 11.3 Å². The topological polar surface area (TPSA) is 84.5 Å². The van der Waals surface area contributed by atoms with Crippen molar-refractivity contribution in [3.8, 4) is 5.75 Å². The fraction of sp³-hybridized carbons (Fsp3) is 0.353. The second kappa shape index (κ2) is 7.72. The van der Waals surface area contributed by atoms with Gasteiger partial charge < -0.3 is 4.74 Å². The van der Waals surface area contributed by atoms with Gasteiger partial charge in [0.05, 0.1) is 9.77 Å². The fourth-order valence-electron chi connectivity index (χ4n) is 2.87. The predicted molar refractivity (Wildman–Crippen MR) is 96.4 cm³/mol. The van der Waals surface area contributed by atoms with Crippen LogP contribution in [0.15, 0.2) is 35.2 Å². The van der Waals surface area contributed by atoms with Crippen molar-refractivity contribution in [2.75, 3.05) is 0 Å². The van der Waals surface area contributed by atoms with Gasteiger partial charge in [0.15, 0.2) is 0 Å². The van der Waals surface area contributed by atoms with E-state index >= 15 is 0 Å². The number of alkyl halides is 3. The molecular weight excluding hydrogens is 417 g/mol. The number of thiophene rings is 1. The maximum atomic E-state index is 12.3. The van der Waals surface area contributed by atoms with E-state index in [1.807, 2.05) is 4.83 Å². The molecule has 0 aliphatic heterocycles. The molecule has 0 fully saturated rings. The van der Waals surface area contributed by atoms with Crippen LogP contribution in [-0.4, -0.2) is 20.7 Å². The van der Waals surface area contributed by atoms with E-state index in [1.165, 1.54) is 11.3 Å². The van der Waals surface area contributed by atoms with E-state index in [-0.39, 0.29) is 4.90 Å². The Kier molecular flexibility index (Phi) is 5.69. The number of hydrogen-bond donors (Lipinski definition) is 2. The first-order valence-electron chi connectivity index (χ1n) is 8.33. The zero-order valence-electron chi connectivity index (χ0n) is 14.7. The minimum absolute atomic E-state index is 0.318. The van der Waals surface area contributed by atoms with Crippen LogP contribution in [0.5, 0.6) is 5.75 Å². The lowest BCUT2D eigenvalue weighted by Gasteiger charge is -2.16. The molecule has 1 unspecified atom stereocenters. The van der Waals surface area contributed by atoms with Gasteiger partial charge in [0, 0.05) is 4.88 Å². The van der Waals surface area contributed by atoms with Gasteiger partial charge in [-0.3, -0.25) is 10.2 Å². The molecule has 1 aromatic heterocycles. The number of nitrogens with one attached hydrogen (secondary N) is 2. The third-order valence-corrected chi connectivity index (χ3v) is 6.72. The Morgan fingerprint density at radius 1 is 1.25 bits per heavy atom. The van der Waals surface area contributed by atoms with E-state index in [0.717, 1.165) is 54.0 Å². The molecule has 1 amide bonds. The Labute approximate surface area is 163 Å². The first kappa shape index (κ1) is 20.6. The summed E-state index contributed by atoms with van der Waals surface area (Å²) in [5.74, 6) is -0.595. The second-order valence-electron chi connectivity index (χ2n) is 6.49. The van der Waals surface area contributed by atoms with Gasteiger partial charge in [-0.2, -0.15) is 0 Å². The lowest BCUT2D eigenvalue weighted by molar-refractivity contribution is -0.274. The van der Waals surface area contributed by atoms with Crippen LogP contribution in [0.1, 0.15) is 33.5 Å². The molecule has 2 aromatic rings. The van der Waals surface area contributed by atoms with E-state index in [1.54, 1.807) is 6.07 Å². The molecule has 11 heteroatoms. The van der Waals surface area contributed by atoms with E-state index in [4.69, 9.17) is 0 Å². The lowest BCUT2D eigenvalue weighted by Crippen LogP contribution is -2.41. The standard InChI is InChI=1S/C17H17F3N2O4S2/c1-10-2-7-14-11(8-10)9-15(27-14)16(23)21-22-28(24,25)13-5-3-12(4-6-13)26-17(18,19)20/h3-6,9-10,22H,2,7-8H2,1H3,(H,21,23). The van der Waals surface area contributed by atoms with Crippen molar-refractivity contribution in [3.63, 3.8) is 0 Å². The van der Waals surface area contributed by atoms with Crippen molar-refractivity contribution < 1.29 is 31.1 Å². The number of benzene rings is 1. The van der Waals surface area contributed by atoms with Gasteiger partial charge in [0.2, 0.25) is 0 Å². The number of carbonyl (C=O) groups excluding carboxylic acids is 1. The van der Waals surface area contributed by atoms with Gasteiger partial charge in [-0.05, 0) is 61.1 Å². The molecule has 2 N–H and O–H groups in total. The molecule has 0 spiro atoms. The van der Waals surface area contributed by atoms with E-state index in [0.29, 0.717) is 10.8 Å². The molecule has 1 heterocycles. The summed E-state index contributed by atoms with van der Waals surface area (Å²) in [5, 5.41) is 0. The highest BCUT2D eigenvalue weighted by Gasteiger charge is 2.31. The van der Waals surface area contributed by atoms with Gasteiger partial charge in [-0.1, -0.05) is 6.92 Å². The summed E-state index contributed by atoms with van der Waals surface area (Å²) in [6.45, 7) is 2.14. The minimum Gasteiger partial charge on any atom is -0.406 e. The number of fused-ring (bicyclic) bond motifs is 1. The minimum atomic E-state index is -4.87. The van der Waals surface area contributed by atoms with Crippen LogP contribution in [0.25, 0.3) is 0 Å². The van der Waals surface area contributed by atoms with Crippen molar-refractivity contribution in [1.29, 1.82) is 0 Å². The summed E-state index contributed by atoms with van der Waals surface area (Å²) in [6, 6.07) is 5.40. The molecule has 28 heavy (non-hydrogen) atoms. The average Bonchev–Trinajstić information content (AvgIpc) is 3.02. The van der Waals surface area contributed by atoms with Gasteiger partial charge >= 0.3 is 6.36 Å². The molecule has 1 aromatic carbocycles. The average molecular weight is 434 g/mol. The number of aryl methyl sites for hydroxylation is 1. The largest absolute Gasteiger partial charge is 0.573 e. The Morgan fingerprint density at radius 3 is 2.57 bits per heavy atom. The quantitative estimate of drug-likeness (QED) is 0.707. The summed E-state index contributed by atoms with van der Waals surface area (Å²) in [5.41, 5.74) is 3.24. The molecule has 1 atom stereocenters. The molecule has 0 saturated carbocycles. The fourth-order valence-corrected chi connectivity index (χ4v) is 4.82. The summed E-state index contributed by atoms with van der Waals surface area (Å²) in [6.07, 6.45) is -2.04. The zero-order chi connectivity index (χ0) is 20.5.